The number of nitrogens with one attached hydrogen (secondary N) is 4. The fourth-order valence-corrected chi connectivity index (χ4v) is 3.74. The third-order valence-electron chi connectivity index (χ3n) is 5.29. The van der Waals surface area contributed by atoms with Gasteiger partial charge in [0.1, 0.15) is 0 Å². The van der Waals surface area contributed by atoms with E-state index >= 15 is 0 Å². The molecule has 0 spiro atoms. The van der Waals surface area contributed by atoms with Crippen molar-refractivity contribution < 1.29 is 0 Å². The quantitative estimate of drug-likeness (QED) is 0.330. The average molecular weight is 426 g/mol. The van der Waals surface area contributed by atoms with Crippen LogP contribution in [0.4, 0.5) is 22.7 Å². The molecule has 0 saturated heterocycles. The number of anilines is 4. The number of benzene rings is 3. The van der Waals surface area contributed by atoms with Crippen molar-refractivity contribution in [3.05, 3.63) is 66.7 Å². The van der Waals surface area contributed by atoms with Gasteiger partial charge in [0.15, 0.2) is 17.5 Å². The molecule has 0 unspecified atom stereocenters. The maximum atomic E-state index is 4.91. The van der Waals surface area contributed by atoms with Gasteiger partial charge in [-0.25, -0.2) is 15.0 Å². The molecule has 0 radical (unpaired) electrons. The van der Waals surface area contributed by atoms with Crippen LogP contribution in [0.2, 0.25) is 0 Å². The Labute approximate surface area is 188 Å². The zero-order chi connectivity index (χ0) is 22.5. The first-order valence-electron chi connectivity index (χ1n) is 10.5. The lowest BCUT2D eigenvalue weighted by Gasteiger charge is -2.21. The minimum atomic E-state index is 0.583. The molecule has 4 rings (SSSR count). The predicted octanol–water partition coefficient (Wildman–Crippen LogP) is 5.04. The highest BCUT2D eigenvalue weighted by atomic mass is 15.1. The number of hydrogen-bond donors (Lipinski definition) is 4. The van der Waals surface area contributed by atoms with Crippen molar-refractivity contribution in [3.63, 3.8) is 0 Å². The van der Waals surface area contributed by atoms with Crippen LogP contribution in [0.5, 0.6) is 0 Å². The van der Waals surface area contributed by atoms with Crippen molar-refractivity contribution in [2.75, 3.05) is 49.5 Å². The summed E-state index contributed by atoms with van der Waals surface area (Å²) < 4.78 is 0. The molecular formula is C25H27N7. The Morgan fingerprint density at radius 2 is 0.906 bits per heavy atom. The summed E-state index contributed by atoms with van der Waals surface area (Å²) in [4.78, 5) is 14.6. The van der Waals surface area contributed by atoms with E-state index < -0.39 is 0 Å². The highest BCUT2D eigenvalue weighted by molar-refractivity contribution is 5.99. The molecule has 1 heterocycles. The Hall–Kier alpha value is -4.13. The van der Waals surface area contributed by atoms with Gasteiger partial charge >= 0.3 is 0 Å². The Balaban J connectivity index is 2.06. The predicted molar refractivity (Wildman–Crippen MR) is 134 cm³/mol. The molecule has 7 nitrogen and oxygen atoms in total. The molecule has 4 aromatic rings. The third kappa shape index (κ3) is 3.92. The Morgan fingerprint density at radius 3 is 1.28 bits per heavy atom. The van der Waals surface area contributed by atoms with Gasteiger partial charge in [0, 0.05) is 39.3 Å². The molecule has 7 heteroatoms. The number of nitrogens with zero attached hydrogens (tertiary/aromatic N) is 3. The van der Waals surface area contributed by atoms with Gasteiger partial charge in [0.2, 0.25) is 0 Å². The SMILES string of the molecule is CNc1cc(NC)c(NC)c(-c2nc(-c3ccccc3)nc(-c3ccccc3)n2)c1NC. The minimum Gasteiger partial charge on any atom is -0.386 e. The molecule has 0 aliphatic heterocycles. The molecule has 1 aromatic heterocycles. The summed E-state index contributed by atoms with van der Waals surface area (Å²) in [7, 11) is 7.60. The van der Waals surface area contributed by atoms with Gasteiger partial charge in [-0.15, -0.1) is 0 Å². The van der Waals surface area contributed by atoms with Crippen LogP contribution in [-0.4, -0.2) is 43.1 Å². The van der Waals surface area contributed by atoms with Crippen molar-refractivity contribution in [3.8, 4) is 34.2 Å². The molecular weight excluding hydrogens is 398 g/mol. The second-order valence-electron chi connectivity index (χ2n) is 7.13. The molecule has 0 bridgehead atoms. The summed E-state index contributed by atoms with van der Waals surface area (Å²) in [5.41, 5.74) is 6.42. The second kappa shape index (κ2) is 9.34. The van der Waals surface area contributed by atoms with Gasteiger partial charge in [0.25, 0.3) is 0 Å². The van der Waals surface area contributed by atoms with E-state index in [1.165, 1.54) is 0 Å². The zero-order valence-corrected chi connectivity index (χ0v) is 18.7. The molecule has 0 aliphatic carbocycles. The van der Waals surface area contributed by atoms with Gasteiger partial charge < -0.3 is 21.3 Å². The fraction of sp³-hybridized carbons (Fsp3) is 0.160. The first-order chi connectivity index (χ1) is 15.7. The number of rotatable bonds is 7. The number of aromatic nitrogens is 3. The van der Waals surface area contributed by atoms with E-state index in [2.05, 4.69) is 27.3 Å². The van der Waals surface area contributed by atoms with Crippen molar-refractivity contribution in [2.45, 2.75) is 0 Å². The first kappa shape index (κ1) is 21.1. The summed E-state index contributed by atoms with van der Waals surface area (Å²) in [6.07, 6.45) is 0. The Bertz CT molecular complexity index is 1120. The normalized spacial score (nSPS) is 10.5. The van der Waals surface area contributed by atoms with Crippen molar-refractivity contribution >= 4 is 22.7 Å². The fourth-order valence-electron chi connectivity index (χ4n) is 3.74. The van der Waals surface area contributed by atoms with Crippen molar-refractivity contribution in [1.29, 1.82) is 0 Å². The van der Waals surface area contributed by atoms with Gasteiger partial charge in [-0.2, -0.15) is 0 Å². The summed E-state index contributed by atoms with van der Waals surface area (Å²) in [6.45, 7) is 0. The van der Waals surface area contributed by atoms with E-state index in [-0.39, 0.29) is 0 Å². The van der Waals surface area contributed by atoms with E-state index in [4.69, 9.17) is 15.0 Å². The largest absolute Gasteiger partial charge is 0.386 e. The topological polar surface area (TPSA) is 86.8 Å². The van der Waals surface area contributed by atoms with Crippen molar-refractivity contribution in [1.82, 2.24) is 15.0 Å². The monoisotopic (exact) mass is 425 g/mol. The third-order valence-corrected chi connectivity index (χ3v) is 5.29. The maximum Gasteiger partial charge on any atom is 0.168 e. The molecule has 0 atom stereocenters. The van der Waals surface area contributed by atoms with Gasteiger partial charge in [-0.05, 0) is 6.07 Å². The Morgan fingerprint density at radius 1 is 0.500 bits per heavy atom. The summed E-state index contributed by atoms with van der Waals surface area (Å²) in [6, 6.07) is 22.0. The lowest BCUT2D eigenvalue weighted by molar-refractivity contribution is 1.07. The van der Waals surface area contributed by atoms with E-state index in [1.54, 1.807) is 0 Å². The molecule has 0 aliphatic rings. The van der Waals surface area contributed by atoms with E-state index in [9.17, 15) is 0 Å². The van der Waals surface area contributed by atoms with Crippen LogP contribution in [0.25, 0.3) is 34.2 Å². The zero-order valence-electron chi connectivity index (χ0n) is 18.7. The van der Waals surface area contributed by atoms with E-state index in [0.717, 1.165) is 39.4 Å². The smallest absolute Gasteiger partial charge is 0.168 e. The lowest BCUT2D eigenvalue weighted by atomic mass is 10.0. The summed E-state index contributed by atoms with van der Waals surface area (Å²) in [5, 5.41) is 13.2. The molecule has 0 amide bonds. The van der Waals surface area contributed by atoms with Gasteiger partial charge in [-0.3, -0.25) is 0 Å². The van der Waals surface area contributed by atoms with Crippen LogP contribution in [-0.2, 0) is 0 Å². The second-order valence-corrected chi connectivity index (χ2v) is 7.13. The highest BCUT2D eigenvalue weighted by Gasteiger charge is 2.22. The molecule has 32 heavy (non-hydrogen) atoms. The lowest BCUT2D eigenvalue weighted by Crippen LogP contribution is -2.08. The van der Waals surface area contributed by atoms with Crippen LogP contribution < -0.4 is 21.3 Å². The standard InChI is InChI=1S/C25H27N7/c1-26-18-15-19(27-2)22(29-4)20(21(18)28-3)25-31-23(16-11-7-5-8-12-16)30-24(32-25)17-13-9-6-10-14-17/h5-15,26-29H,1-4H3. The summed E-state index contributed by atoms with van der Waals surface area (Å²) >= 11 is 0. The molecule has 3 aromatic carbocycles. The number of hydrogen-bond acceptors (Lipinski definition) is 7. The van der Waals surface area contributed by atoms with Crippen LogP contribution in [0.15, 0.2) is 66.7 Å². The van der Waals surface area contributed by atoms with Gasteiger partial charge in [0.05, 0.1) is 28.3 Å². The van der Waals surface area contributed by atoms with Crippen LogP contribution in [0.1, 0.15) is 0 Å². The van der Waals surface area contributed by atoms with E-state index in [0.29, 0.717) is 17.5 Å². The minimum absolute atomic E-state index is 0.583. The molecule has 4 N–H and O–H groups in total. The molecule has 0 saturated carbocycles. The van der Waals surface area contributed by atoms with Crippen LogP contribution in [0.3, 0.4) is 0 Å². The van der Waals surface area contributed by atoms with Crippen LogP contribution >= 0.6 is 0 Å². The summed E-state index contributed by atoms with van der Waals surface area (Å²) in [5.74, 6) is 1.83. The van der Waals surface area contributed by atoms with E-state index in [1.807, 2.05) is 88.9 Å². The average Bonchev–Trinajstić information content (AvgIpc) is 2.87. The molecule has 0 fully saturated rings. The van der Waals surface area contributed by atoms with Crippen molar-refractivity contribution in [2.24, 2.45) is 0 Å². The first-order valence-corrected chi connectivity index (χ1v) is 10.5. The highest BCUT2D eigenvalue weighted by Crippen LogP contribution is 2.44. The maximum absolute atomic E-state index is 4.91. The van der Waals surface area contributed by atoms with Crippen LogP contribution in [0, 0.1) is 0 Å². The Kier molecular flexibility index (Phi) is 6.17. The molecule has 162 valence electrons. The van der Waals surface area contributed by atoms with Gasteiger partial charge in [-0.1, -0.05) is 60.7 Å².